The normalized spacial score (nSPS) is 15.4. The molecule has 0 bridgehead atoms. The molecular weight excluding hydrogens is 196 g/mol. The van der Waals surface area contributed by atoms with Crippen molar-refractivity contribution in [3.05, 3.63) is 0 Å². The van der Waals surface area contributed by atoms with Crippen molar-refractivity contribution in [2.45, 2.75) is 59.9 Å². The van der Waals surface area contributed by atoms with Crippen LogP contribution in [0, 0.1) is 5.92 Å². The minimum atomic E-state index is 0.709. The third-order valence-corrected chi connectivity index (χ3v) is 3.56. The number of nitrogens with zero attached hydrogens (tertiary/aromatic N) is 1. The highest BCUT2D eigenvalue weighted by Crippen LogP contribution is 2.12. The van der Waals surface area contributed by atoms with Gasteiger partial charge in [0.05, 0.1) is 0 Å². The number of hydrogen-bond donors (Lipinski definition) is 1. The average Bonchev–Trinajstić information content (AvgIpc) is 2.30. The first-order valence-corrected chi connectivity index (χ1v) is 7.13. The Morgan fingerprint density at radius 1 is 1.06 bits per heavy atom. The number of rotatable bonds is 10. The molecule has 2 unspecified atom stereocenters. The Labute approximate surface area is 103 Å². The summed E-state index contributed by atoms with van der Waals surface area (Å²) in [6.07, 6.45) is 3.92. The van der Waals surface area contributed by atoms with Crippen LogP contribution in [0.25, 0.3) is 0 Å². The lowest BCUT2D eigenvalue weighted by Gasteiger charge is -2.25. The zero-order valence-corrected chi connectivity index (χ0v) is 12.1. The quantitative estimate of drug-likeness (QED) is 0.618. The predicted molar refractivity (Wildman–Crippen MR) is 73.9 cm³/mol. The van der Waals surface area contributed by atoms with Crippen LogP contribution in [0.4, 0.5) is 0 Å². The van der Waals surface area contributed by atoms with E-state index in [1.807, 2.05) is 0 Å². The van der Waals surface area contributed by atoms with Crippen molar-refractivity contribution < 1.29 is 0 Å². The van der Waals surface area contributed by atoms with E-state index in [2.05, 4.69) is 44.8 Å². The summed E-state index contributed by atoms with van der Waals surface area (Å²) in [5.41, 5.74) is 0. The molecule has 16 heavy (non-hydrogen) atoms. The zero-order valence-electron chi connectivity index (χ0n) is 12.1. The maximum Gasteiger partial charge on any atom is 0.00816 e. The molecule has 98 valence electrons. The summed E-state index contributed by atoms with van der Waals surface area (Å²) in [5, 5.41) is 3.62. The first-order chi connectivity index (χ1) is 7.67. The first kappa shape index (κ1) is 15.9. The van der Waals surface area contributed by atoms with Gasteiger partial charge in [0.1, 0.15) is 0 Å². The summed E-state index contributed by atoms with van der Waals surface area (Å²) >= 11 is 0. The van der Waals surface area contributed by atoms with Crippen molar-refractivity contribution >= 4 is 0 Å². The van der Waals surface area contributed by atoms with Gasteiger partial charge < -0.3 is 10.2 Å². The average molecular weight is 228 g/mol. The maximum absolute atomic E-state index is 3.62. The molecule has 0 spiro atoms. The van der Waals surface area contributed by atoms with Crippen molar-refractivity contribution in [3.63, 3.8) is 0 Å². The molecule has 0 radical (unpaired) electrons. The van der Waals surface area contributed by atoms with Crippen molar-refractivity contribution in [1.29, 1.82) is 0 Å². The van der Waals surface area contributed by atoms with Crippen LogP contribution in [0.1, 0.15) is 53.9 Å². The van der Waals surface area contributed by atoms with Gasteiger partial charge in [-0.1, -0.05) is 41.0 Å². The Balaban J connectivity index is 3.91. The van der Waals surface area contributed by atoms with Gasteiger partial charge in [0, 0.05) is 6.04 Å². The third-order valence-electron chi connectivity index (χ3n) is 3.56. The summed E-state index contributed by atoms with van der Waals surface area (Å²) in [7, 11) is 0. The topological polar surface area (TPSA) is 15.3 Å². The highest BCUT2D eigenvalue weighted by molar-refractivity contribution is 4.71. The summed E-state index contributed by atoms with van der Waals surface area (Å²) in [6, 6.07) is 0.709. The van der Waals surface area contributed by atoms with Gasteiger partial charge in [0.15, 0.2) is 0 Å². The van der Waals surface area contributed by atoms with Crippen molar-refractivity contribution in [1.82, 2.24) is 10.2 Å². The summed E-state index contributed by atoms with van der Waals surface area (Å²) in [5.74, 6) is 0.848. The van der Waals surface area contributed by atoms with Crippen LogP contribution in [-0.4, -0.2) is 37.1 Å². The molecule has 0 aromatic carbocycles. The lowest BCUT2D eigenvalue weighted by Crippen LogP contribution is -2.35. The molecule has 0 aliphatic carbocycles. The van der Waals surface area contributed by atoms with Gasteiger partial charge in [-0.25, -0.2) is 0 Å². The van der Waals surface area contributed by atoms with Crippen LogP contribution < -0.4 is 5.32 Å². The second-order valence-corrected chi connectivity index (χ2v) is 4.82. The highest BCUT2D eigenvalue weighted by Gasteiger charge is 2.12. The minimum Gasteiger partial charge on any atom is -0.314 e. The van der Waals surface area contributed by atoms with Gasteiger partial charge in [-0.15, -0.1) is 0 Å². The highest BCUT2D eigenvalue weighted by atomic mass is 15.1. The Kier molecular flexibility index (Phi) is 10.0. The van der Waals surface area contributed by atoms with Crippen LogP contribution in [0.5, 0.6) is 0 Å². The van der Waals surface area contributed by atoms with Gasteiger partial charge in [0.2, 0.25) is 0 Å². The van der Waals surface area contributed by atoms with Gasteiger partial charge in [-0.2, -0.15) is 0 Å². The van der Waals surface area contributed by atoms with E-state index in [1.54, 1.807) is 0 Å². The molecule has 0 fully saturated rings. The molecule has 0 aromatic heterocycles. The largest absolute Gasteiger partial charge is 0.314 e. The monoisotopic (exact) mass is 228 g/mol. The molecule has 0 aliphatic rings. The van der Waals surface area contributed by atoms with Crippen LogP contribution in [-0.2, 0) is 0 Å². The zero-order chi connectivity index (χ0) is 12.4. The fourth-order valence-electron chi connectivity index (χ4n) is 2.12. The molecule has 0 aliphatic heterocycles. The molecule has 0 rings (SSSR count). The summed E-state index contributed by atoms with van der Waals surface area (Å²) < 4.78 is 0. The standard InChI is InChI=1S/C14H32N2/c1-6-13(5)12-14(15-7-2)10-11-16(8-3)9-4/h13-15H,6-12H2,1-5H3. The summed E-state index contributed by atoms with van der Waals surface area (Å²) in [4.78, 5) is 2.51. The Morgan fingerprint density at radius 3 is 2.12 bits per heavy atom. The van der Waals surface area contributed by atoms with E-state index in [1.165, 1.54) is 38.9 Å². The third kappa shape index (κ3) is 7.24. The van der Waals surface area contributed by atoms with E-state index in [9.17, 15) is 0 Å². The van der Waals surface area contributed by atoms with Gasteiger partial charge in [-0.05, 0) is 44.9 Å². The first-order valence-electron chi connectivity index (χ1n) is 7.13. The molecule has 2 heteroatoms. The smallest absolute Gasteiger partial charge is 0.00816 e. The number of hydrogen-bond acceptors (Lipinski definition) is 2. The van der Waals surface area contributed by atoms with E-state index < -0.39 is 0 Å². The van der Waals surface area contributed by atoms with Crippen LogP contribution >= 0.6 is 0 Å². The second kappa shape index (κ2) is 10.1. The molecule has 1 N–H and O–H groups in total. The Hall–Kier alpha value is -0.0800. The fourth-order valence-corrected chi connectivity index (χ4v) is 2.12. The lowest BCUT2D eigenvalue weighted by molar-refractivity contribution is 0.269. The molecule has 0 amide bonds. The molecule has 2 atom stereocenters. The minimum absolute atomic E-state index is 0.709. The Morgan fingerprint density at radius 2 is 1.69 bits per heavy atom. The van der Waals surface area contributed by atoms with Gasteiger partial charge in [0.25, 0.3) is 0 Å². The molecular formula is C14H32N2. The number of nitrogens with one attached hydrogen (secondary N) is 1. The van der Waals surface area contributed by atoms with Gasteiger partial charge in [-0.3, -0.25) is 0 Å². The SMILES string of the molecule is CCNC(CCN(CC)CC)CC(C)CC. The van der Waals surface area contributed by atoms with E-state index >= 15 is 0 Å². The van der Waals surface area contributed by atoms with Crippen LogP contribution in [0.3, 0.4) is 0 Å². The Bertz CT molecular complexity index is 144. The van der Waals surface area contributed by atoms with E-state index in [0.29, 0.717) is 6.04 Å². The molecule has 0 saturated heterocycles. The molecule has 2 nitrogen and oxygen atoms in total. The van der Waals surface area contributed by atoms with Crippen LogP contribution in [0.2, 0.25) is 0 Å². The van der Waals surface area contributed by atoms with E-state index in [0.717, 1.165) is 12.5 Å². The van der Waals surface area contributed by atoms with Gasteiger partial charge >= 0.3 is 0 Å². The van der Waals surface area contributed by atoms with E-state index in [-0.39, 0.29) is 0 Å². The molecule has 0 saturated carbocycles. The molecule has 0 aromatic rings. The van der Waals surface area contributed by atoms with Crippen LogP contribution in [0.15, 0.2) is 0 Å². The van der Waals surface area contributed by atoms with Crippen molar-refractivity contribution in [3.8, 4) is 0 Å². The fraction of sp³-hybridized carbons (Fsp3) is 1.00. The van der Waals surface area contributed by atoms with E-state index in [4.69, 9.17) is 0 Å². The second-order valence-electron chi connectivity index (χ2n) is 4.82. The predicted octanol–water partition coefficient (Wildman–Crippen LogP) is 3.13. The maximum atomic E-state index is 3.62. The van der Waals surface area contributed by atoms with Crippen molar-refractivity contribution in [2.24, 2.45) is 5.92 Å². The van der Waals surface area contributed by atoms with Crippen molar-refractivity contribution in [2.75, 3.05) is 26.2 Å². The summed E-state index contributed by atoms with van der Waals surface area (Å²) in [6.45, 7) is 16.1. The molecule has 0 heterocycles. The lowest BCUT2D eigenvalue weighted by atomic mass is 9.97.